The minimum atomic E-state index is 0.369. The number of fused-ring (bicyclic) bond motifs is 2. The quantitative estimate of drug-likeness (QED) is 0.711. The van der Waals surface area contributed by atoms with Gasteiger partial charge in [0.1, 0.15) is 0 Å². The Balaban J connectivity index is 1.48. The molecule has 3 aliphatic carbocycles. The van der Waals surface area contributed by atoms with Gasteiger partial charge in [-0.15, -0.1) is 0 Å². The second-order valence-corrected chi connectivity index (χ2v) is 5.93. The van der Waals surface area contributed by atoms with Gasteiger partial charge in [0.15, 0.2) is 0 Å². The van der Waals surface area contributed by atoms with Gasteiger partial charge in [-0.05, 0) is 55.9 Å². The first-order chi connectivity index (χ1) is 7.86. The van der Waals surface area contributed by atoms with Gasteiger partial charge < -0.3 is 10.4 Å². The second-order valence-electron chi connectivity index (χ2n) is 5.93. The van der Waals surface area contributed by atoms with Crippen molar-refractivity contribution in [3.63, 3.8) is 0 Å². The highest BCUT2D eigenvalue weighted by Gasteiger charge is 2.36. The van der Waals surface area contributed by atoms with Gasteiger partial charge in [-0.2, -0.15) is 0 Å². The summed E-state index contributed by atoms with van der Waals surface area (Å²) in [5.41, 5.74) is 0. The molecule has 3 aliphatic rings. The van der Waals surface area contributed by atoms with Crippen molar-refractivity contribution in [2.24, 2.45) is 23.7 Å². The first kappa shape index (κ1) is 10.8. The molecule has 0 aromatic carbocycles. The third-order valence-electron chi connectivity index (χ3n) is 4.95. The predicted octanol–water partition coefficient (Wildman–Crippen LogP) is 1.95. The van der Waals surface area contributed by atoms with E-state index in [-0.39, 0.29) is 0 Å². The minimum Gasteiger partial charge on any atom is -0.396 e. The maximum absolute atomic E-state index is 9.28. The molecule has 5 unspecified atom stereocenters. The molecule has 2 bridgehead atoms. The summed E-state index contributed by atoms with van der Waals surface area (Å²) >= 11 is 0. The number of nitrogens with one attached hydrogen (secondary N) is 1. The first-order valence-electron chi connectivity index (χ1n) is 6.89. The van der Waals surface area contributed by atoms with Crippen LogP contribution in [0.1, 0.15) is 32.1 Å². The minimum absolute atomic E-state index is 0.369. The van der Waals surface area contributed by atoms with Crippen molar-refractivity contribution >= 4 is 0 Å². The third kappa shape index (κ3) is 1.93. The van der Waals surface area contributed by atoms with Gasteiger partial charge in [0.2, 0.25) is 0 Å². The van der Waals surface area contributed by atoms with Crippen LogP contribution in [0.5, 0.6) is 0 Å². The Labute approximate surface area is 98.1 Å². The topological polar surface area (TPSA) is 32.3 Å². The fourth-order valence-electron chi connectivity index (χ4n) is 3.96. The summed E-state index contributed by atoms with van der Waals surface area (Å²) in [5, 5.41) is 13.0. The normalized spacial score (nSPS) is 45.7. The molecule has 90 valence electrons. The van der Waals surface area contributed by atoms with E-state index in [1.807, 2.05) is 0 Å². The summed E-state index contributed by atoms with van der Waals surface area (Å²) in [4.78, 5) is 0. The zero-order chi connectivity index (χ0) is 11.0. The van der Waals surface area contributed by atoms with Crippen LogP contribution in [-0.2, 0) is 0 Å². The highest BCUT2D eigenvalue weighted by atomic mass is 16.3. The van der Waals surface area contributed by atoms with Gasteiger partial charge in [0, 0.05) is 12.6 Å². The van der Waals surface area contributed by atoms with Crippen LogP contribution in [0.4, 0.5) is 0 Å². The summed E-state index contributed by atoms with van der Waals surface area (Å²) < 4.78 is 0. The Kier molecular flexibility index (Phi) is 3.03. The highest BCUT2D eigenvalue weighted by molar-refractivity contribution is 5.10. The molecule has 2 fully saturated rings. The van der Waals surface area contributed by atoms with Gasteiger partial charge in [-0.1, -0.05) is 18.6 Å². The van der Waals surface area contributed by atoms with Crippen LogP contribution < -0.4 is 5.32 Å². The van der Waals surface area contributed by atoms with Crippen LogP contribution in [0, 0.1) is 23.7 Å². The molecule has 2 nitrogen and oxygen atoms in total. The lowest BCUT2D eigenvalue weighted by molar-refractivity contribution is 0.201. The fraction of sp³-hybridized carbons (Fsp3) is 0.857. The largest absolute Gasteiger partial charge is 0.396 e. The number of hydrogen-bond acceptors (Lipinski definition) is 2. The molecule has 0 aliphatic heterocycles. The van der Waals surface area contributed by atoms with Crippen LogP contribution in [0.2, 0.25) is 0 Å². The van der Waals surface area contributed by atoms with E-state index < -0.39 is 0 Å². The van der Waals surface area contributed by atoms with Crippen molar-refractivity contribution in [3.8, 4) is 0 Å². The van der Waals surface area contributed by atoms with Crippen molar-refractivity contribution in [1.82, 2.24) is 5.32 Å². The zero-order valence-electron chi connectivity index (χ0n) is 9.94. The highest BCUT2D eigenvalue weighted by Crippen LogP contribution is 2.43. The molecular weight excluding hydrogens is 198 g/mol. The van der Waals surface area contributed by atoms with E-state index >= 15 is 0 Å². The van der Waals surface area contributed by atoms with Crippen LogP contribution >= 0.6 is 0 Å². The summed E-state index contributed by atoms with van der Waals surface area (Å²) in [6.45, 7) is 1.54. The molecule has 2 saturated carbocycles. The summed E-state index contributed by atoms with van der Waals surface area (Å²) in [5.74, 6) is 3.13. The van der Waals surface area contributed by atoms with E-state index in [4.69, 9.17) is 0 Å². The summed E-state index contributed by atoms with van der Waals surface area (Å²) in [6.07, 6.45) is 11.4. The number of aliphatic hydroxyl groups is 1. The maximum Gasteiger partial charge on any atom is 0.0474 e. The van der Waals surface area contributed by atoms with E-state index in [1.54, 1.807) is 0 Å². The van der Waals surface area contributed by atoms with Crippen LogP contribution in [-0.4, -0.2) is 24.3 Å². The van der Waals surface area contributed by atoms with E-state index in [2.05, 4.69) is 17.5 Å². The van der Waals surface area contributed by atoms with Crippen molar-refractivity contribution in [1.29, 1.82) is 0 Å². The Morgan fingerprint density at radius 2 is 2.06 bits per heavy atom. The number of rotatable bonds is 4. The molecule has 2 N–H and O–H groups in total. The third-order valence-corrected chi connectivity index (χ3v) is 4.95. The molecule has 0 radical (unpaired) electrons. The average molecular weight is 221 g/mol. The second kappa shape index (κ2) is 4.50. The van der Waals surface area contributed by atoms with Crippen LogP contribution in [0.25, 0.3) is 0 Å². The molecule has 16 heavy (non-hydrogen) atoms. The smallest absolute Gasteiger partial charge is 0.0474 e. The van der Waals surface area contributed by atoms with Crippen LogP contribution in [0.3, 0.4) is 0 Å². The SMILES string of the molecule is OCC1CCCC1NCC1CC2C=CC1C2. The van der Waals surface area contributed by atoms with Crippen molar-refractivity contribution in [2.75, 3.05) is 13.2 Å². The van der Waals surface area contributed by atoms with E-state index in [1.165, 1.54) is 38.6 Å². The molecule has 0 saturated heterocycles. The molecule has 0 spiro atoms. The molecule has 2 heteroatoms. The van der Waals surface area contributed by atoms with Crippen molar-refractivity contribution < 1.29 is 5.11 Å². The van der Waals surface area contributed by atoms with Crippen molar-refractivity contribution in [3.05, 3.63) is 12.2 Å². The Morgan fingerprint density at radius 1 is 1.12 bits per heavy atom. The Bertz CT molecular complexity index is 276. The van der Waals surface area contributed by atoms with Gasteiger partial charge in [0.05, 0.1) is 0 Å². The molecular formula is C14H23NO. The zero-order valence-corrected chi connectivity index (χ0v) is 9.94. The molecule has 3 rings (SSSR count). The molecule has 0 aromatic heterocycles. The van der Waals surface area contributed by atoms with Gasteiger partial charge >= 0.3 is 0 Å². The lowest BCUT2D eigenvalue weighted by Gasteiger charge is -2.24. The van der Waals surface area contributed by atoms with Gasteiger partial charge in [-0.3, -0.25) is 0 Å². The standard InChI is InChI=1S/C14H23NO/c16-9-12-2-1-3-14(12)15-8-13-7-10-4-5-11(13)6-10/h4-5,10-16H,1-3,6-9H2. The molecule has 0 aromatic rings. The van der Waals surface area contributed by atoms with Gasteiger partial charge in [-0.25, -0.2) is 0 Å². The molecule has 0 heterocycles. The van der Waals surface area contributed by atoms with E-state index in [0.717, 1.165) is 17.8 Å². The maximum atomic E-state index is 9.28. The van der Waals surface area contributed by atoms with Crippen molar-refractivity contribution in [2.45, 2.75) is 38.1 Å². The molecule has 5 atom stereocenters. The Morgan fingerprint density at radius 3 is 2.75 bits per heavy atom. The number of allylic oxidation sites excluding steroid dienone is 2. The average Bonchev–Trinajstić information content (AvgIpc) is 3.01. The fourth-order valence-corrected chi connectivity index (χ4v) is 3.96. The number of hydrogen-bond donors (Lipinski definition) is 2. The first-order valence-corrected chi connectivity index (χ1v) is 6.89. The Hall–Kier alpha value is -0.340. The summed E-state index contributed by atoms with van der Waals surface area (Å²) in [6, 6.07) is 0.591. The lowest BCUT2D eigenvalue weighted by atomic mass is 9.93. The van der Waals surface area contributed by atoms with E-state index in [9.17, 15) is 5.11 Å². The monoisotopic (exact) mass is 221 g/mol. The van der Waals surface area contributed by atoms with Crippen LogP contribution in [0.15, 0.2) is 12.2 Å². The lowest BCUT2D eigenvalue weighted by Crippen LogP contribution is -2.38. The summed E-state index contributed by atoms with van der Waals surface area (Å²) in [7, 11) is 0. The molecule has 0 amide bonds. The van der Waals surface area contributed by atoms with Gasteiger partial charge in [0.25, 0.3) is 0 Å². The number of aliphatic hydroxyl groups excluding tert-OH is 1. The predicted molar refractivity (Wildman–Crippen MR) is 65.1 cm³/mol. The van der Waals surface area contributed by atoms with E-state index in [0.29, 0.717) is 18.6 Å².